The number of ether oxygens (including phenoxy) is 4. The van der Waals surface area contributed by atoms with Crippen molar-refractivity contribution in [2.75, 3.05) is 11.9 Å². The molecule has 1 aromatic rings. The van der Waals surface area contributed by atoms with E-state index in [0.29, 0.717) is 5.69 Å². The molecule has 0 aromatic heterocycles. The molecule has 0 spiro atoms. The zero-order valence-corrected chi connectivity index (χ0v) is 18.4. The summed E-state index contributed by atoms with van der Waals surface area (Å²) >= 11 is 3.27. The van der Waals surface area contributed by atoms with Crippen molar-refractivity contribution in [3.63, 3.8) is 0 Å². The SMILES string of the molecule is CC(=O)OC[C@H](OC(C)=O)[C@H](OC(C)=O)[C@@H](OC(C)=O)C(=O)Nc1ccc(Br)cc1. The number of halogens is 1. The summed E-state index contributed by atoms with van der Waals surface area (Å²) in [6.07, 6.45) is -4.68. The summed E-state index contributed by atoms with van der Waals surface area (Å²) in [6, 6.07) is 6.50. The van der Waals surface area contributed by atoms with E-state index in [2.05, 4.69) is 21.2 Å². The van der Waals surface area contributed by atoms with Crippen molar-refractivity contribution in [1.29, 1.82) is 0 Å². The average Bonchev–Trinajstić information content (AvgIpc) is 2.62. The first-order valence-corrected chi connectivity index (χ1v) is 9.50. The molecule has 0 unspecified atom stereocenters. The van der Waals surface area contributed by atoms with Gasteiger partial charge < -0.3 is 24.3 Å². The van der Waals surface area contributed by atoms with Gasteiger partial charge in [-0.1, -0.05) is 15.9 Å². The first kappa shape index (κ1) is 25.1. The summed E-state index contributed by atoms with van der Waals surface area (Å²) in [7, 11) is 0. The van der Waals surface area contributed by atoms with Crippen molar-refractivity contribution in [3.05, 3.63) is 28.7 Å². The number of benzene rings is 1. The topological polar surface area (TPSA) is 134 Å². The molecule has 0 saturated carbocycles. The maximum Gasteiger partial charge on any atom is 0.303 e. The molecule has 1 rings (SSSR count). The highest BCUT2D eigenvalue weighted by atomic mass is 79.9. The number of anilines is 1. The Morgan fingerprint density at radius 3 is 1.83 bits per heavy atom. The Morgan fingerprint density at radius 1 is 0.833 bits per heavy atom. The number of hydrogen-bond acceptors (Lipinski definition) is 9. The Balaban J connectivity index is 3.25. The molecule has 0 radical (unpaired) electrons. The molecule has 0 aliphatic heterocycles. The Bertz CT molecular complexity index is 794. The molecule has 3 atom stereocenters. The van der Waals surface area contributed by atoms with Crippen LogP contribution in [0, 0.1) is 0 Å². The van der Waals surface area contributed by atoms with E-state index in [9.17, 15) is 24.0 Å². The smallest absolute Gasteiger partial charge is 0.303 e. The summed E-state index contributed by atoms with van der Waals surface area (Å²) < 4.78 is 20.9. The van der Waals surface area contributed by atoms with E-state index >= 15 is 0 Å². The molecular formula is C19H22BrNO9. The van der Waals surface area contributed by atoms with Gasteiger partial charge in [0.05, 0.1) is 0 Å². The van der Waals surface area contributed by atoms with Gasteiger partial charge in [0.2, 0.25) is 6.10 Å². The van der Waals surface area contributed by atoms with Gasteiger partial charge in [-0.2, -0.15) is 0 Å². The normalized spacial score (nSPS) is 13.2. The summed E-state index contributed by atoms with van der Waals surface area (Å²) in [5.74, 6) is -4.03. The van der Waals surface area contributed by atoms with Crippen LogP contribution in [0.4, 0.5) is 5.69 Å². The van der Waals surface area contributed by atoms with Crippen molar-refractivity contribution in [2.45, 2.75) is 46.0 Å². The largest absolute Gasteiger partial charge is 0.462 e. The molecule has 30 heavy (non-hydrogen) atoms. The van der Waals surface area contributed by atoms with E-state index < -0.39 is 54.7 Å². The molecule has 164 valence electrons. The van der Waals surface area contributed by atoms with Gasteiger partial charge in [-0.15, -0.1) is 0 Å². The van der Waals surface area contributed by atoms with Crippen LogP contribution in [0.15, 0.2) is 28.7 Å². The van der Waals surface area contributed by atoms with E-state index in [4.69, 9.17) is 18.9 Å². The van der Waals surface area contributed by atoms with Crippen LogP contribution in [-0.2, 0) is 42.9 Å². The molecule has 0 fully saturated rings. The van der Waals surface area contributed by atoms with Crippen molar-refractivity contribution >= 4 is 51.4 Å². The van der Waals surface area contributed by atoms with Crippen LogP contribution in [0.25, 0.3) is 0 Å². The van der Waals surface area contributed by atoms with Gasteiger partial charge in [0.1, 0.15) is 6.61 Å². The molecular weight excluding hydrogens is 466 g/mol. The number of esters is 4. The lowest BCUT2D eigenvalue weighted by Gasteiger charge is -2.30. The second kappa shape index (κ2) is 11.9. The van der Waals surface area contributed by atoms with Gasteiger partial charge in [0.15, 0.2) is 12.2 Å². The zero-order chi connectivity index (χ0) is 22.8. The molecule has 0 saturated heterocycles. The fourth-order valence-corrected chi connectivity index (χ4v) is 2.59. The van der Waals surface area contributed by atoms with Crippen molar-refractivity contribution < 1.29 is 42.9 Å². The summed E-state index contributed by atoms with van der Waals surface area (Å²) in [4.78, 5) is 58.8. The second-order valence-electron chi connectivity index (χ2n) is 6.05. The highest BCUT2D eigenvalue weighted by Gasteiger charge is 2.42. The molecule has 0 aliphatic carbocycles. The standard InChI is InChI=1S/C19H22BrNO9/c1-10(22)27-9-16(28-11(2)23)17(29-12(3)24)18(30-13(4)25)19(26)21-15-7-5-14(20)6-8-15/h5-8,16-18H,9H2,1-4H3,(H,21,26)/t16-,17-,18+/m0/s1. The van der Waals surface area contributed by atoms with Gasteiger partial charge in [0, 0.05) is 37.9 Å². The van der Waals surface area contributed by atoms with Crippen LogP contribution in [0.2, 0.25) is 0 Å². The van der Waals surface area contributed by atoms with Crippen molar-refractivity contribution in [3.8, 4) is 0 Å². The van der Waals surface area contributed by atoms with Crippen LogP contribution in [-0.4, -0.2) is 54.7 Å². The Labute approximate surface area is 181 Å². The van der Waals surface area contributed by atoms with Crippen LogP contribution < -0.4 is 5.32 Å². The van der Waals surface area contributed by atoms with Crippen LogP contribution in [0.3, 0.4) is 0 Å². The van der Waals surface area contributed by atoms with Gasteiger partial charge in [-0.05, 0) is 24.3 Å². The molecule has 0 heterocycles. The van der Waals surface area contributed by atoms with E-state index in [0.717, 1.165) is 32.2 Å². The summed E-state index contributed by atoms with van der Waals surface area (Å²) in [6.45, 7) is 3.78. The van der Waals surface area contributed by atoms with Gasteiger partial charge in [-0.3, -0.25) is 24.0 Å². The fraction of sp³-hybridized carbons (Fsp3) is 0.421. The third kappa shape index (κ3) is 9.03. The van der Waals surface area contributed by atoms with E-state index in [-0.39, 0.29) is 0 Å². The second-order valence-corrected chi connectivity index (χ2v) is 6.97. The summed E-state index contributed by atoms with van der Waals surface area (Å²) in [5.41, 5.74) is 0.367. The minimum absolute atomic E-state index is 0.367. The zero-order valence-electron chi connectivity index (χ0n) is 16.8. The Hall–Kier alpha value is -2.95. The maximum atomic E-state index is 12.8. The van der Waals surface area contributed by atoms with Gasteiger partial charge in [0.25, 0.3) is 5.91 Å². The predicted octanol–water partition coefficient (Wildman–Crippen LogP) is 1.75. The van der Waals surface area contributed by atoms with E-state index in [1.807, 2.05) is 0 Å². The van der Waals surface area contributed by atoms with E-state index in [1.165, 1.54) is 0 Å². The molecule has 0 aliphatic rings. The highest BCUT2D eigenvalue weighted by Crippen LogP contribution is 2.19. The van der Waals surface area contributed by atoms with Gasteiger partial charge >= 0.3 is 23.9 Å². The van der Waals surface area contributed by atoms with Crippen LogP contribution in [0.1, 0.15) is 27.7 Å². The minimum Gasteiger partial charge on any atom is -0.462 e. The third-order valence-corrected chi connectivity index (χ3v) is 3.93. The Kier molecular flexibility index (Phi) is 9.96. The number of amides is 1. The molecule has 1 aromatic carbocycles. The molecule has 0 bridgehead atoms. The average molecular weight is 488 g/mol. The fourth-order valence-electron chi connectivity index (χ4n) is 2.33. The molecule has 11 heteroatoms. The Morgan fingerprint density at radius 2 is 1.37 bits per heavy atom. The summed E-state index contributed by atoms with van der Waals surface area (Å²) in [5, 5.41) is 2.52. The van der Waals surface area contributed by atoms with Crippen molar-refractivity contribution in [1.82, 2.24) is 0 Å². The first-order valence-electron chi connectivity index (χ1n) is 8.71. The predicted molar refractivity (Wildman–Crippen MR) is 106 cm³/mol. The lowest BCUT2D eigenvalue weighted by Crippen LogP contribution is -2.52. The number of rotatable bonds is 9. The van der Waals surface area contributed by atoms with Crippen LogP contribution >= 0.6 is 15.9 Å². The monoisotopic (exact) mass is 487 g/mol. The number of nitrogens with one attached hydrogen (secondary N) is 1. The molecule has 1 amide bonds. The van der Waals surface area contributed by atoms with Crippen molar-refractivity contribution in [2.24, 2.45) is 0 Å². The number of carbonyl (C=O) groups excluding carboxylic acids is 5. The lowest BCUT2D eigenvalue weighted by atomic mass is 10.1. The lowest BCUT2D eigenvalue weighted by molar-refractivity contribution is -0.190. The quantitative estimate of drug-likeness (QED) is 0.408. The molecule has 10 nitrogen and oxygen atoms in total. The highest BCUT2D eigenvalue weighted by molar-refractivity contribution is 9.10. The van der Waals surface area contributed by atoms with E-state index in [1.54, 1.807) is 24.3 Å². The third-order valence-electron chi connectivity index (χ3n) is 3.40. The van der Waals surface area contributed by atoms with Crippen LogP contribution in [0.5, 0.6) is 0 Å². The first-order chi connectivity index (χ1) is 14.0. The minimum atomic E-state index is -1.70. The maximum absolute atomic E-state index is 12.8. The molecule has 1 N–H and O–H groups in total. The van der Waals surface area contributed by atoms with Gasteiger partial charge in [-0.25, -0.2) is 0 Å². The number of hydrogen-bond donors (Lipinski definition) is 1. The number of carbonyl (C=O) groups is 5.